The number of carbonyl (C=O) groups is 3. The van der Waals surface area contributed by atoms with Crippen molar-refractivity contribution in [3.8, 4) is 0 Å². The van der Waals surface area contributed by atoms with Crippen molar-refractivity contribution in [3.63, 3.8) is 0 Å². The molecule has 1 aromatic rings. The van der Waals surface area contributed by atoms with E-state index in [2.05, 4.69) is 20.7 Å². The molecule has 0 atom stereocenters. The predicted molar refractivity (Wildman–Crippen MR) is 98.3 cm³/mol. The van der Waals surface area contributed by atoms with E-state index in [1.165, 1.54) is 17.1 Å². The molecule has 10 heteroatoms. The van der Waals surface area contributed by atoms with E-state index in [-0.39, 0.29) is 18.9 Å². The summed E-state index contributed by atoms with van der Waals surface area (Å²) in [6.45, 7) is 10.4. The second-order valence-corrected chi connectivity index (χ2v) is 7.59. The van der Waals surface area contributed by atoms with Crippen molar-refractivity contribution in [1.29, 1.82) is 0 Å². The summed E-state index contributed by atoms with van der Waals surface area (Å²) in [5.41, 5.74) is -1.35. The number of nitrogens with one attached hydrogen (secondary N) is 2. The summed E-state index contributed by atoms with van der Waals surface area (Å²) in [5.74, 6) is -0.569. The zero-order valence-electron chi connectivity index (χ0n) is 16.5. The van der Waals surface area contributed by atoms with Crippen LogP contribution < -0.4 is 10.6 Å². The predicted octanol–water partition coefficient (Wildman–Crippen LogP) is 2.05. The number of hydrogen-bond donors (Lipinski definition) is 2. The Morgan fingerprint density at radius 2 is 1.70 bits per heavy atom. The second-order valence-electron chi connectivity index (χ2n) is 7.59. The monoisotopic (exact) mass is 381 g/mol. The number of alkyl carbamates (subject to hydrolysis) is 1. The molecule has 0 aliphatic carbocycles. The minimum atomic E-state index is -0.861. The summed E-state index contributed by atoms with van der Waals surface area (Å²) >= 11 is 0. The highest BCUT2D eigenvalue weighted by atomic mass is 16.6. The van der Waals surface area contributed by atoms with E-state index in [1.54, 1.807) is 47.6 Å². The minimum absolute atomic E-state index is 0.0478. The molecule has 0 unspecified atom stereocenters. The molecular weight excluding hydrogens is 354 g/mol. The van der Waals surface area contributed by atoms with E-state index in [0.717, 1.165) is 0 Å². The topological polar surface area (TPSA) is 124 Å². The van der Waals surface area contributed by atoms with Gasteiger partial charge in [0.15, 0.2) is 0 Å². The van der Waals surface area contributed by atoms with Gasteiger partial charge in [-0.3, -0.25) is 10.1 Å². The lowest BCUT2D eigenvalue weighted by Crippen LogP contribution is -2.39. The van der Waals surface area contributed by atoms with Gasteiger partial charge in [0.2, 0.25) is 11.9 Å². The van der Waals surface area contributed by atoms with Gasteiger partial charge in [-0.25, -0.2) is 14.3 Å². The average molecular weight is 381 g/mol. The summed E-state index contributed by atoms with van der Waals surface area (Å²) in [6.07, 6.45) is 1.46. The molecule has 2 N–H and O–H groups in total. The average Bonchev–Trinajstić information content (AvgIpc) is 2.96. The molecule has 0 saturated carbocycles. The molecule has 0 saturated heterocycles. The van der Waals surface area contributed by atoms with Crippen LogP contribution in [-0.4, -0.2) is 51.6 Å². The molecule has 0 aliphatic rings. The van der Waals surface area contributed by atoms with Crippen LogP contribution in [0.2, 0.25) is 0 Å². The van der Waals surface area contributed by atoms with Gasteiger partial charge >= 0.3 is 12.2 Å². The number of ether oxygens (including phenoxy) is 2. The summed E-state index contributed by atoms with van der Waals surface area (Å²) < 4.78 is 11.4. The number of hydrogen-bond acceptors (Lipinski definition) is 6. The highest BCUT2D eigenvalue weighted by Gasteiger charge is 2.19. The van der Waals surface area contributed by atoms with Crippen molar-refractivity contribution < 1.29 is 23.9 Å². The summed E-state index contributed by atoms with van der Waals surface area (Å²) in [7, 11) is 0. The number of rotatable bonds is 3. The van der Waals surface area contributed by atoms with Crippen LogP contribution >= 0.6 is 0 Å². The SMILES string of the molecule is CC(C)(C)OC(=O)N=C(NC(=O)CCNC(=O)OC(C)(C)C)n1cccn1. The number of amides is 3. The molecular formula is C17H27N5O5. The summed E-state index contributed by atoms with van der Waals surface area (Å²) in [6, 6.07) is 1.61. The first-order valence-electron chi connectivity index (χ1n) is 8.44. The lowest BCUT2D eigenvalue weighted by atomic mass is 10.2. The zero-order valence-corrected chi connectivity index (χ0v) is 16.5. The Bertz CT molecular complexity index is 684. The summed E-state index contributed by atoms with van der Waals surface area (Å²) in [5, 5.41) is 8.89. The van der Waals surface area contributed by atoms with Crippen LogP contribution in [-0.2, 0) is 14.3 Å². The van der Waals surface area contributed by atoms with Crippen LogP contribution in [0.25, 0.3) is 0 Å². The van der Waals surface area contributed by atoms with Gasteiger partial charge in [-0.1, -0.05) is 0 Å². The van der Waals surface area contributed by atoms with E-state index >= 15 is 0 Å². The quantitative estimate of drug-likeness (QED) is 0.610. The first-order chi connectivity index (χ1) is 12.4. The summed E-state index contributed by atoms with van der Waals surface area (Å²) in [4.78, 5) is 39.3. The van der Waals surface area contributed by atoms with E-state index in [9.17, 15) is 14.4 Å². The van der Waals surface area contributed by atoms with Crippen LogP contribution in [0.5, 0.6) is 0 Å². The molecule has 1 aromatic heterocycles. The Labute approximate surface area is 158 Å². The van der Waals surface area contributed by atoms with E-state index in [0.29, 0.717) is 0 Å². The molecule has 27 heavy (non-hydrogen) atoms. The minimum Gasteiger partial charge on any atom is -0.444 e. The fraction of sp³-hybridized carbons (Fsp3) is 0.588. The number of carbonyl (C=O) groups excluding carboxylic acids is 3. The Balaban J connectivity index is 2.65. The number of aliphatic imine (C=N–C) groups is 1. The van der Waals surface area contributed by atoms with Gasteiger partial charge in [-0.15, -0.1) is 4.99 Å². The maximum absolute atomic E-state index is 12.1. The first kappa shape index (κ1) is 22.1. The molecule has 0 radical (unpaired) electrons. The lowest BCUT2D eigenvalue weighted by Gasteiger charge is -2.19. The second kappa shape index (κ2) is 9.15. The normalized spacial score (nSPS) is 12.3. The van der Waals surface area contributed by atoms with Crippen LogP contribution in [0.3, 0.4) is 0 Å². The van der Waals surface area contributed by atoms with Gasteiger partial charge in [-0.2, -0.15) is 5.10 Å². The van der Waals surface area contributed by atoms with Gasteiger partial charge in [0, 0.05) is 25.4 Å². The molecule has 0 aromatic carbocycles. The fourth-order valence-corrected chi connectivity index (χ4v) is 1.68. The maximum Gasteiger partial charge on any atom is 0.437 e. The Morgan fingerprint density at radius 3 is 2.22 bits per heavy atom. The van der Waals surface area contributed by atoms with E-state index in [1.807, 2.05) is 0 Å². The molecule has 0 fully saturated rings. The fourth-order valence-electron chi connectivity index (χ4n) is 1.68. The van der Waals surface area contributed by atoms with Crippen LogP contribution in [0.4, 0.5) is 9.59 Å². The molecule has 3 amide bonds. The molecule has 1 rings (SSSR count). The zero-order chi connectivity index (χ0) is 20.7. The molecule has 0 spiro atoms. The lowest BCUT2D eigenvalue weighted by molar-refractivity contribution is -0.119. The third-order valence-corrected chi connectivity index (χ3v) is 2.58. The van der Waals surface area contributed by atoms with Crippen molar-refractivity contribution in [2.45, 2.75) is 59.2 Å². The maximum atomic E-state index is 12.1. The van der Waals surface area contributed by atoms with Gasteiger partial charge in [0.1, 0.15) is 11.2 Å². The third kappa shape index (κ3) is 9.97. The molecule has 10 nitrogen and oxygen atoms in total. The Morgan fingerprint density at radius 1 is 1.07 bits per heavy atom. The first-order valence-corrected chi connectivity index (χ1v) is 8.44. The van der Waals surface area contributed by atoms with Crippen molar-refractivity contribution in [3.05, 3.63) is 18.5 Å². The van der Waals surface area contributed by atoms with E-state index < -0.39 is 29.3 Å². The third-order valence-electron chi connectivity index (χ3n) is 2.58. The molecule has 0 aliphatic heterocycles. The van der Waals surface area contributed by atoms with Crippen molar-refractivity contribution in [2.24, 2.45) is 4.99 Å². The van der Waals surface area contributed by atoms with Crippen LogP contribution in [0.1, 0.15) is 48.0 Å². The van der Waals surface area contributed by atoms with Gasteiger partial charge < -0.3 is 14.8 Å². The van der Waals surface area contributed by atoms with Crippen molar-refractivity contribution >= 4 is 24.1 Å². The molecule has 150 valence electrons. The smallest absolute Gasteiger partial charge is 0.437 e. The van der Waals surface area contributed by atoms with Gasteiger partial charge in [-0.05, 0) is 47.6 Å². The Hall–Kier alpha value is -2.91. The number of nitrogens with zero attached hydrogens (tertiary/aromatic N) is 3. The van der Waals surface area contributed by atoms with Crippen LogP contribution in [0, 0.1) is 0 Å². The highest BCUT2D eigenvalue weighted by Crippen LogP contribution is 2.08. The van der Waals surface area contributed by atoms with E-state index in [4.69, 9.17) is 9.47 Å². The Kier molecular flexibility index (Phi) is 7.50. The number of aromatic nitrogens is 2. The van der Waals surface area contributed by atoms with Gasteiger partial charge in [0.25, 0.3) is 0 Å². The van der Waals surface area contributed by atoms with Gasteiger partial charge in [0.05, 0.1) is 0 Å². The highest BCUT2D eigenvalue weighted by molar-refractivity contribution is 6.01. The van der Waals surface area contributed by atoms with Crippen LogP contribution in [0.15, 0.2) is 23.5 Å². The standard InChI is InChI=1S/C17H27N5O5/c1-16(2,3)26-14(24)18-10-8-12(23)20-13(22-11-7-9-19-22)21-15(25)27-17(4,5)6/h7,9,11H,8,10H2,1-6H3,(H,18,24)(H,20,21,23,25). The van der Waals surface area contributed by atoms with Crippen molar-refractivity contribution in [1.82, 2.24) is 20.4 Å². The molecule has 1 heterocycles. The largest absolute Gasteiger partial charge is 0.444 e. The van der Waals surface area contributed by atoms with Crippen molar-refractivity contribution in [2.75, 3.05) is 6.54 Å². The molecule has 0 bridgehead atoms.